The number of rotatable bonds is 8. The molecular formula is C21H22FN3O3S. The summed E-state index contributed by atoms with van der Waals surface area (Å²) in [6.07, 6.45) is 3.71. The quantitative estimate of drug-likeness (QED) is 0.613. The summed E-state index contributed by atoms with van der Waals surface area (Å²) in [5, 5.41) is 3.97. The molecular weight excluding hydrogens is 393 g/mol. The van der Waals surface area contributed by atoms with Crippen LogP contribution < -0.4 is 5.32 Å². The summed E-state index contributed by atoms with van der Waals surface area (Å²) in [6, 6.07) is 12.4. The van der Waals surface area contributed by atoms with E-state index in [1.165, 1.54) is 22.5 Å². The lowest BCUT2D eigenvalue weighted by molar-refractivity contribution is -0.121. The minimum absolute atomic E-state index is 0.150. The van der Waals surface area contributed by atoms with E-state index in [-0.39, 0.29) is 30.3 Å². The highest BCUT2D eigenvalue weighted by molar-refractivity contribution is 7.89. The van der Waals surface area contributed by atoms with Gasteiger partial charge in [0.15, 0.2) is 0 Å². The van der Waals surface area contributed by atoms with Crippen LogP contribution in [0.5, 0.6) is 0 Å². The number of aromatic nitrogens is 1. The topological polar surface area (TPSA) is 79.4 Å². The number of nitrogens with zero attached hydrogens (tertiary/aromatic N) is 2. The first-order valence-electron chi connectivity index (χ1n) is 9.26. The van der Waals surface area contributed by atoms with Crippen LogP contribution in [0, 0.1) is 5.82 Å². The van der Waals surface area contributed by atoms with E-state index < -0.39 is 15.9 Å². The van der Waals surface area contributed by atoms with E-state index in [1.807, 2.05) is 6.92 Å². The van der Waals surface area contributed by atoms with E-state index in [2.05, 4.69) is 10.3 Å². The number of carbonyl (C=O) groups excluding carboxylic acids is 1. The first-order chi connectivity index (χ1) is 13.9. The highest BCUT2D eigenvalue weighted by Gasteiger charge is 2.27. The van der Waals surface area contributed by atoms with Crippen molar-refractivity contribution in [3.63, 3.8) is 0 Å². The largest absolute Gasteiger partial charge is 0.351 e. The molecule has 0 spiro atoms. The molecule has 0 unspecified atom stereocenters. The molecule has 1 amide bonds. The molecule has 2 aromatic carbocycles. The van der Waals surface area contributed by atoms with Gasteiger partial charge in [0.05, 0.1) is 11.4 Å². The Morgan fingerprint density at radius 3 is 2.62 bits per heavy atom. The van der Waals surface area contributed by atoms with E-state index in [4.69, 9.17) is 0 Å². The van der Waals surface area contributed by atoms with Crippen molar-refractivity contribution in [3.8, 4) is 0 Å². The van der Waals surface area contributed by atoms with Gasteiger partial charge in [0.2, 0.25) is 15.9 Å². The molecule has 1 N–H and O–H groups in total. The molecule has 1 aromatic heterocycles. The zero-order chi connectivity index (χ0) is 20.9. The molecule has 3 aromatic rings. The Kier molecular flexibility index (Phi) is 6.56. The van der Waals surface area contributed by atoms with Crippen LogP contribution in [-0.4, -0.2) is 36.7 Å². The van der Waals surface area contributed by atoms with Crippen molar-refractivity contribution in [3.05, 3.63) is 72.3 Å². The number of amides is 1. The van der Waals surface area contributed by atoms with E-state index in [0.717, 1.165) is 5.56 Å². The van der Waals surface area contributed by atoms with Crippen LogP contribution in [0.2, 0.25) is 0 Å². The van der Waals surface area contributed by atoms with Crippen molar-refractivity contribution in [1.82, 2.24) is 14.6 Å². The third-order valence-electron chi connectivity index (χ3n) is 4.45. The Morgan fingerprint density at radius 1 is 1.14 bits per heavy atom. The van der Waals surface area contributed by atoms with Gasteiger partial charge >= 0.3 is 0 Å². The summed E-state index contributed by atoms with van der Waals surface area (Å²) < 4.78 is 40.7. The summed E-state index contributed by atoms with van der Waals surface area (Å²) in [7, 11) is -3.88. The minimum Gasteiger partial charge on any atom is -0.351 e. The molecule has 0 bridgehead atoms. The second kappa shape index (κ2) is 9.11. The number of carbonyl (C=O) groups is 1. The molecule has 0 aliphatic carbocycles. The number of fused-ring (bicyclic) bond motifs is 1. The van der Waals surface area contributed by atoms with Gasteiger partial charge in [-0.1, -0.05) is 31.2 Å². The fourth-order valence-electron chi connectivity index (χ4n) is 3.01. The molecule has 0 saturated carbocycles. The van der Waals surface area contributed by atoms with E-state index in [0.29, 0.717) is 17.2 Å². The van der Waals surface area contributed by atoms with Gasteiger partial charge < -0.3 is 5.32 Å². The maximum atomic E-state index is 13.3. The molecule has 8 heteroatoms. The summed E-state index contributed by atoms with van der Waals surface area (Å²) in [5.41, 5.74) is 0.728. The first-order valence-corrected chi connectivity index (χ1v) is 10.7. The van der Waals surface area contributed by atoms with Crippen molar-refractivity contribution in [1.29, 1.82) is 0 Å². The third-order valence-corrected chi connectivity index (χ3v) is 6.36. The normalized spacial score (nSPS) is 11.7. The average Bonchev–Trinajstić information content (AvgIpc) is 2.72. The molecule has 0 atom stereocenters. The molecule has 152 valence electrons. The summed E-state index contributed by atoms with van der Waals surface area (Å²) >= 11 is 0. The highest BCUT2D eigenvalue weighted by Crippen LogP contribution is 2.25. The van der Waals surface area contributed by atoms with Gasteiger partial charge in [-0.3, -0.25) is 9.78 Å². The molecule has 0 saturated heterocycles. The predicted octanol–water partition coefficient (Wildman–Crippen LogP) is 3.09. The number of halogens is 1. The highest BCUT2D eigenvalue weighted by atomic mass is 32.2. The standard InChI is InChI=1S/C21H22FN3O3S/c1-2-12-25(15-21(26)24-13-16-6-8-18(22)9-7-16)29(27,28)20-5-3-4-17-14-23-11-10-19(17)20/h3-11,14H,2,12-13,15H2,1H3,(H,24,26). The van der Waals surface area contributed by atoms with Crippen LogP contribution in [0.25, 0.3) is 10.8 Å². The number of hydrogen-bond acceptors (Lipinski definition) is 4. The SMILES string of the molecule is CCCN(CC(=O)NCc1ccc(F)cc1)S(=O)(=O)c1cccc2cnccc12. The van der Waals surface area contributed by atoms with Gasteiger partial charge in [-0.15, -0.1) is 0 Å². The maximum absolute atomic E-state index is 13.3. The van der Waals surface area contributed by atoms with Gasteiger partial charge in [-0.05, 0) is 36.2 Å². The second-order valence-corrected chi connectivity index (χ2v) is 8.50. The lowest BCUT2D eigenvalue weighted by atomic mass is 10.2. The van der Waals surface area contributed by atoms with Crippen molar-refractivity contribution in [2.75, 3.05) is 13.1 Å². The summed E-state index contributed by atoms with van der Waals surface area (Å²) in [5.74, 6) is -0.779. The molecule has 0 radical (unpaired) electrons. The number of hydrogen-bond donors (Lipinski definition) is 1. The van der Waals surface area contributed by atoms with Crippen LogP contribution in [-0.2, 0) is 21.4 Å². The Labute approximate surface area is 169 Å². The number of pyridine rings is 1. The minimum atomic E-state index is -3.88. The zero-order valence-corrected chi connectivity index (χ0v) is 16.8. The van der Waals surface area contributed by atoms with E-state index in [1.54, 1.807) is 42.7 Å². The monoisotopic (exact) mass is 415 g/mol. The Balaban J connectivity index is 1.78. The van der Waals surface area contributed by atoms with Crippen molar-refractivity contribution >= 4 is 26.7 Å². The summed E-state index contributed by atoms with van der Waals surface area (Å²) in [4.78, 5) is 16.6. The fourth-order valence-corrected chi connectivity index (χ4v) is 4.71. The van der Waals surface area contributed by atoms with Crippen LogP contribution >= 0.6 is 0 Å². The Bertz CT molecular complexity index is 1100. The Hall–Kier alpha value is -2.84. The maximum Gasteiger partial charge on any atom is 0.244 e. The molecule has 29 heavy (non-hydrogen) atoms. The van der Waals surface area contributed by atoms with E-state index >= 15 is 0 Å². The summed E-state index contributed by atoms with van der Waals surface area (Å²) in [6.45, 7) is 1.97. The molecule has 3 rings (SSSR count). The second-order valence-electron chi connectivity index (χ2n) is 6.59. The Morgan fingerprint density at radius 2 is 1.90 bits per heavy atom. The van der Waals surface area contributed by atoms with Gasteiger partial charge in [-0.25, -0.2) is 12.8 Å². The predicted molar refractivity (Wildman–Crippen MR) is 109 cm³/mol. The molecule has 0 aliphatic rings. The van der Waals surface area contributed by atoms with E-state index in [9.17, 15) is 17.6 Å². The van der Waals surface area contributed by atoms with Crippen molar-refractivity contribution in [2.45, 2.75) is 24.8 Å². The zero-order valence-electron chi connectivity index (χ0n) is 16.0. The van der Waals surface area contributed by atoms with Crippen molar-refractivity contribution < 1.29 is 17.6 Å². The van der Waals surface area contributed by atoms with Gasteiger partial charge in [0.25, 0.3) is 0 Å². The fraction of sp³-hybridized carbons (Fsp3) is 0.238. The van der Waals surface area contributed by atoms with Crippen LogP contribution in [0.15, 0.2) is 65.8 Å². The van der Waals surface area contributed by atoms with Gasteiger partial charge in [-0.2, -0.15) is 4.31 Å². The van der Waals surface area contributed by atoms with Gasteiger partial charge in [0.1, 0.15) is 5.82 Å². The van der Waals surface area contributed by atoms with Crippen LogP contribution in [0.4, 0.5) is 4.39 Å². The number of benzene rings is 2. The third kappa shape index (κ3) is 4.96. The molecule has 0 aliphatic heterocycles. The average molecular weight is 415 g/mol. The lowest BCUT2D eigenvalue weighted by Gasteiger charge is -2.22. The first kappa shape index (κ1) is 20.9. The number of nitrogens with one attached hydrogen (secondary N) is 1. The smallest absolute Gasteiger partial charge is 0.244 e. The number of sulfonamides is 1. The van der Waals surface area contributed by atoms with Crippen molar-refractivity contribution in [2.24, 2.45) is 0 Å². The molecule has 1 heterocycles. The molecule has 6 nitrogen and oxygen atoms in total. The van der Waals surface area contributed by atoms with Crippen LogP contribution in [0.1, 0.15) is 18.9 Å². The van der Waals surface area contributed by atoms with Gasteiger partial charge in [0, 0.05) is 36.3 Å². The lowest BCUT2D eigenvalue weighted by Crippen LogP contribution is -2.41. The van der Waals surface area contributed by atoms with Crippen LogP contribution in [0.3, 0.4) is 0 Å². The molecule has 0 fully saturated rings.